The topological polar surface area (TPSA) is 41.5 Å². The summed E-state index contributed by atoms with van der Waals surface area (Å²) in [4.78, 5) is 0. The van der Waals surface area contributed by atoms with Crippen LogP contribution in [0.1, 0.15) is 38.5 Å². The molecule has 1 heterocycles. The van der Waals surface area contributed by atoms with E-state index < -0.39 is 0 Å². The van der Waals surface area contributed by atoms with E-state index >= 15 is 0 Å². The van der Waals surface area contributed by atoms with E-state index in [4.69, 9.17) is 4.74 Å². The van der Waals surface area contributed by atoms with Gasteiger partial charge in [0.1, 0.15) is 0 Å². The van der Waals surface area contributed by atoms with E-state index in [2.05, 4.69) is 5.32 Å². The highest BCUT2D eigenvalue weighted by Gasteiger charge is 2.42. The molecule has 0 bridgehead atoms. The van der Waals surface area contributed by atoms with E-state index in [0.29, 0.717) is 18.2 Å². The normalized spacial score (nSPS) is 46.2. The fraction of sp³-hybridized carbons (Fsp3) is 1.00. The molecule has 3 fully saturated rings. The van der Waals surface area contributed by atoms with Crippen LogP contribution in [-0.4, -0.2) is 36.0 Å². The van der Waals surface area contributed by atoms with E-state index in [0.717, 1.165) is 31.8 Å². The van der Waals surface area contributed by atoms with Crippen molar-refractivity contribution in [1.29, 1.82) is 0 Å². The standard InChI is InChI=1S/C12H21NO2/c14-11-3-1-2-9(11)13-10-6-7-15-12(10)8-4-5-8/h8-14H,1-7H2. The molecule has 3 rings (SSSR count). The molecule has 1 saturated heterocycles. The fourth-order valence-electron chi connectivity index (χ4n) is 3.09. The maximum Gasteiger partial charge on any atom is 0.0757 e. The molecule has 0 aromatic heterocycles. The van der Waals surface area contributed by atoms with E-state index in [-0.39, 0.29) is 6.10 Å². The third-order valence-electron chi connectivity index (χ3n) is 4.13. The van der Waals surface area contributed by atoms with Crippen LogP contribution in [0, 0.1) is 5.92 Å². The molecule has 1 aliphatic heterocycles. The van der Waals surface area contributed by atoms with Crippen molar-refractivity contribution in [3.63, 3.8) is 0 Å². The van der Waals surface area contributed by atoms with Crippen LogP contribution in [0.5, 0.6) is 0 Å². The van der Waals surface area contributed by atoms with E-state index in [1.54, 1.807) is 0 Å². The minimum Gasteiger partial charge on any atom is -0.392 e. The molecule has 0 spiro atoms. The molecule has 15 heavy (non-hydrogen) atoms. The summed E-state index contributed by atoms with van der Waals surface area (Å²) in [5.41, 5.74) is 0. The van der Waals surface area contributed by atoms with Crippen LogP contribution in [0.2, 0.25) is 0 Å². The maximum absolute atomic E-state index is 9.79. The second-order valence-corrected chi connectivity index (χ2v) is 5.34. The van der Waals surface area contributed by atoms with Crippen LogP contribution < -0.4 is 5.32 Å². The lowest BCUT2D eigenvalue weighted by atomic mass is 10.0. The number of hydrogen-bond donors (Lipinski definition) is 2. The molecule has 0 amide bonds. The van der Waals surface area contributed by atoms with Gasteiger partial charge in [0.05, 0.1) is 12.2 Å². The van der Waals surface area contributed by atoms with Crippen molar-refractivity contribution in [3.8, 4) is 0 Å². The first-order chi connectivity index (χ1) is 7.34. The van der Waals surface area contributed by atoms with Crippen molar-refractivity contribution in [2.45, 2.75) is 62.8 Å². The molecule has 2 saturated carbocycles. The van der Waals surface area contributed by atoms with Gasteiger partial charge < -0.3 is 15.2 Å². The Hall–Kier alpha value is -0.120. The van der Waals surface area contributed by atoms with Crippen LogP contribution in [-0.2, 0) is 4.74 Å². The quantitative estimate of drug-likeness (QED) is 0.733. The zero-order chi connectivity index (χ0) is 10.3. The van der Waals surface area contributed by atoms with Gasteiger partial charge in [0.15, 0.2) is 0 Å². The average molecular weight is 211 g/mol. The predicted molar refractivity (Wildman–Crippen MR) is 57.7 cm³/mol. The SMILES string of the molecule is OC1CCCC1NC1CCOC1C1CC1. The van der Waals surface area contributed by atoms with Crippen LogP contribution >= 0.6 is 0 Å². The molecule has 3 heteroatoms. The van der Waals surface area contributed by atoms with Crippen LogP contribution in [0.3, 0.4) is 0 Å². The Balaban J connectivity index is 1.56. The van der Waals surface area contributed by atoms with E-state index in [9.17, 15) is 5.11 Å². The largest absolute Gasteiger partial charge is 0.392 e. The highest BCUT2D eigenvalue weighted by Crippen LogP contribution is 2.39. The Morgan fingerprint density at radius 2 is 1.87 bits per heavy atom. The van der Waals surface area contributed by atoms with E-state index in [1.807, 2.05) is 0 Å². The van der Waals surface area contributed by atoms with Crippen molar-refractivity contribution < 1.29 is 9.84 Å². The Bertz CT molecular complexity index is 230. The van der Waals surface area contributed by atoms with Crippen molar-refractivity contribution in [1.82, 2.24) is 5.32 Å². The van der Waals surface area contributed by atoms with Crippen molar-refractivity contribution >= 4 is 0 Å². The zero-order valence-corrected chi connectivity index (χ0v) is 9.19. The second kappa shape index (κ2) is 4.04. The summed E-state index contributed by atoms with van der Waals surface area (Å²) in [6.45, 7) is 0.904. The van der Waals surface area contributed by atoms with Gasteiger partial charge in [0.25, 0.3) is 0 Å². The molecule has 2 N–H and O–H groups in total. The highest BCUT2D eigenvalue weighted by molar-refractivity contribution is 4.96. The Kier molecular flexibility index (Phi) is 2.71. The van der Waals surface area contributed by atoms with Gasteiger partial charge in [-0.1, -0.05) is 0 Å². The smallest absolute Gasteiger partial charge is 0.0757 e. The summed E-state index contributed by atoms with van der Waals surface area (Å²) in [6, 6.07) is 0.841. The predicted octanol–water partition coefficient (Wildman–Crippen LogP) is 1.06. The fourth-order valence-corrected chi connectivity index (χ4v) is 3.09. The average Bonchev–Trinajstić information content (AvgIpc) is 2.85. The van der Waals surface area contributed by atoms with Gasteiger partial charge in [-0.25, -0.2) is 0 Å². The molecule has 0 radical (unpaired) electrons. The van der Waals surface area contributed by atoms with E-state index in [1.165, 1.54) is 19.3 Å². The van der Waals surface area contributed by atoms with Gasteiger partial charge in [0.2, 0.25) is 0 Å². The molecule has 3 nitrogen and oxygen atoms in total. The summed E-state index contributed by atoms with van der Waals surface area (Å²) in [6.07, 6.45) is 7.41. The summed E-state index contributed by atoms with van der Waals surface area (Å²) in [7, 11) is 0. The number of rotatable bonds is 3. The van der Waals surface area contributed by atoms with Crippen molar-refractivity contribution in [2.75, 3.05) is 6.61 Å². The molecule has 4 unspecified atom stereocenters. The molecular formula is C12H21NO2. The minimum atomic E-state index is -0.120. The second-order valence-electron chi connectivity index (χ2n) is 5.34. The Morgan fingerprint density at radius 3 is 2.53 bits per heavy atom. The number of aliphatic hydroxyl groups is 1. The lowest BCUT2D eigenvalue weighted by molar-refractivity contribution is 0.0714. The first-order valence-electron chi connectivity index (χ1n) is 6.40. The molecule has 2 aliphatic carbocycles. The summed E-state index contributed by atoms with van der Waals surface area (Å²) in [5, 5.41) is 13.4. The van der Waals surface area contributed by atoms with Gasteiger partial charge in [0, 0.05) is 18.7 Å². The third kappa shape index (κ3) is 2.05. The van der Waals surface area contributed by atoms with Crippen LogP contribution in [0.25, 0.3) is 0 Å². The molecule has 0 aromatic carbocycles. The lowest BCUT2D eigenvalue weighted by Gasteiger charge is -2.25. The molecular weight excluding hydrogens is 190 g/mol. The number of aliphatic hydroxyl groups excluding tert-OH is 1. The van der Waals surface area contributed by atoms with Gasteiger partial charge in [-0.2, -0.15) is 0 Å². The summed E-state index contributed by atoms with van der Waals surface area (Å²) in [5.74, 6) is 0.809. The zero-order valence-electron chi connectivity index (χ0n) is 9.19. The summed E-state index contributed by atoms with van der Waals surface area (Å²) < 4.78 is 5.79. The Morgan fingerprint density at radius 1 is 1.00 bits per heavy atom. The Labute approximate surface area is 91.2 Å². The van der Waals surface area contributed by atoms with Gasteiger partial charge in [-0.05, 0) is 44.4 Å². The van der Waals surface area contributed by atoms with Crippen LogP contribution in [0.4, 0.5) is 0 Å². The first-order valence-corrected chi connectivity index (χ1v) is 6.40. The number of nitrogens with one attached hydrogen (secondary N) is 1. The number of ether oxygens (including phenoxy) is 1. The summed E-state index contributed by atoms with van der Waals surface area (Å²) >= 11 is 0. The lowest BCUT2D eigenvalue weighted by Crippen LogP contribution is -2.46. The highest BCUT2D eigenvalue weighted by atomic mass is 16.5. The first kappa shape index (κ1) is 10.1. The molecule has 3 aliphatic rings. The molecule has 4 atom stereocenters. The molecule has 86 valence electrons. The van der Waals surface area contributed by atoms with Gasteiger partial charge in [-0.15, -0.1) is 0 Å². The molecule has 0 aromatic rings. The monoisotopic (exact) mass is 211 g/mol. The minimum absolute atomic E-state index is 0.120. The van der Waals surface area contributed by atoms with Crippen molar-refractivity contribution in [2.24, 2.45) is 5.92 Å². The van der Waals surface area contributed by atoms with Crippen LogP contribution in [0.15, 0.2) is 0 Å². The van der Waals surface area contributed by atoms with Gasteiger partial charge >= 0.3 is 0 Å². The number of hydrogen-bond acceptors (Lipinski definition) is 3. The third-order valence-corrected chi connectivity index (χ3v) is 4.13. The van der Waals surface area contributed by atoms with Crippen molar-refractivity contribution in [3.05, 3.63) is 0 Å². The van der Waals surface area contributed by atoms with Gasteiger partial charge in [-0.3, -0.25) is 0 Å². The maximum atomic E-state index is 9.79.